The van der Waals surface area contributed by atoms with E-state index >= 15 is 0 Å². The zero-order valence-corrected chi connectivity index (χ0v) is 17.6. The van der Waals surface area contributed by atoms with E-state index in [2.05, 4.69) is 10.6 Å². The zero-order chi connectivity index (χ0) is 23.7. The molecule has 0 heterocycles. The molecule has 2 amide bonds. The Morgan fingerprint density at radius 3 is 1.53 bits per heavy atom. The molecule has 0 fully saturated rings. The molecule has 0 aromatic rings. The van der Waals surface area contributed by atoms with Crippen molar-refractivity contribution in [2.24, 2.45) is 10.8 Å². The molecule has 0 saturated heterocycles. The molecule has 11 heteroatoms. The highest BCUT2D eigenvalue weighted by atomic mass is 16.4. The van der Waals surface area contributed by atoms with Gasteiger partial charge in [0.15, 0.2) is 0 Å². The molecule has 0 aliphatic heterocycles. The van der Waals surface area contributed by atoms with E-state index in [-0.39, 0.29) is 25.7 Å². The average Bonchev–Trinajstić information content (AvgIpc) is 2.59. The fourth-order valence-electron chi connectivity index (χ4n) is 2.99. The molecule has 0 spiro atoms. The maximum Gasteiger partial charge on any atom is 0.326 e. The van der Waals surface area contributed by atoms with Gasteiger partial charge in [-0.2, -0.15) is 0 Å². The number of aldehydes is 1. The zero-order valence-electron chi connectivity index (χ0n) is 17.6. The summed E-state index contributed by atoms with van der Waals surface area (Å²) < 4.78 is 0. The minimum Gasteiger partial charge on any atom is -0.481 e. The Balaban J connectivity index is 5.22. The number of hydrogen-bond donors (Lipinski definition) is 5. The van der Waals surface area contributed by atoms with Crippen LogP contribution in [0.4, 0.5) is 0 Å². The van der Waals surface area contributed by atoms with Crippen molar-refractivity contribution in [2.45, 2.75) is 71.9 Å². The minimum absolute atomic E-state index is 0.0432. The predicted molar refractivity (Wildman–Crippen MR) is 103 cm³/mol. The first kappa shape index (κ1) is 27.0. The first-order valence-corrected chi connectivity index (χ1v) is 9.37. The van der Waals surface area contributed by atoms with Gasteiger partial charge in [-0.3, -0.25) is 14.4 Å². The summed E-state index contributed by atoms with van der Waals surface area (Å²) in [5.74, 6) is -5.19. The summed E-state index contributed by atoms with van der Waals surface area (Å²) in [6.07, 6.45) is -0.365. The highest BCUT2D eigenvalue weighted by Crippen LogP contribution is 2.34. The van der Waals surface area contributed by atoms with E-state index in [4.69, 9.17) is 5.11 Å². The van der Waals surface area contributed by atoms with Crippen molar-refractivity contribution in [3.63, 3.8) is 0 Å². The van der Waals surface area contributed by atoms with E-state index in [1.54, 1.807) is 0 Å². The molecule has 0 radical (unpaired) electrons. The van der Waals surface area contributed by atoms with Crippen molar-refractivity contribution in [3.8, 4) is 0 Å². The fourth-order valence-corrected chi connectivity index (χ4v) is 2.99. The third kappa shape index (κ3) is 9.01. The number of hydrogen-bond acceptors (Lipinski definition) is 6. The summed E-state index contributed by atoms with van der Waals surface area (Å²) in [5, 5.41) is 31.7. The highest BCUT2D eigenvalue weighted by Gasteiger charge is 2.41. The summed E-state index contributed by atoms with van der Waals surface area (Å²) in [6.45, 7) is 6.01. The molecule has 11 nitrogen and oxygen atoms in total. The lowest BCUT2D eigenvalue weighted by Gasteiger charge is -2.34. The van der Waals surface area contributed by atoms with Gasteiger partial charge in [-0.05, 0) is 19.3 Å². The van der Waals surface area contributed by atoms with Crippen LogP contribution in [0, 0.1) is 10.8 Å². The number of rotatable bonds is 14. The molecule has 30 heavy (non-hydrogen) atoms. The van der Waals surface area contributed by atoms with Crippen molar-refractivity contribution in [2.75, 3.05) is 0 Å². The van der Waals surface area contributed by atoms with E-state index in [1.165, 1.54) is 27.7 Å². The molecular formula is C19H30N2O9. The number of nitrogens with one attached hydrogen (secondary N) is 2. The highest BCUT2D eigenvalue weighted by molar-refractivity contribution is 5.90. The number of carboxylic acids is 3. The van der Waals surface area contributed by atoms with Crippen molar-refractivity contribution in [1.29, 1.82) is 0 Å². The van der Waals surface area contributed by atoms with Crippen LogP contribution in [0.3, 0.4) is 0 Å². The van der Waals surface area contributed by atoms with Gasteiger partial charge in [-0.15, -0.1) is 0 Å². The van der Waals surface area contributed by atoms with Crippen LogP contribution in [0.1, 0.15) is 59.8 Å². The minimum atomic E-state index is -1.40. The smallest absolute Gasteiger partial charge is 0.326 e. The van der Waals surface area contributed by atoms with Gasteiger partial charge in [-0.25, -0.2) is 9.59 Å². The Hall–Kier alpha value is -2.98. The summed E-state index contributed by atoms with van der Waals surface area (Å²) in [6, 6.07) is -2.66. The average molecular weight is 430 g/mol. The van der Waals surface area contributed by atoms with E-state index in [0.717, 1.165) is 0 Å². The molecule has 0 bridgehead atoms. The fraction of sp³-hybridized carbons (Fsp3) is 0.684. The molecule has 2 atom stereocenters. The second-order valence-electron chi connectivity index (χ2n) is 8.35. The maximum absolute atomic E-state index is 12.6. The number of aliphatic carboxylic acids is 3. The topological polar surface area (TPSA) is 187 Å². The predicted octanol–water partition coefficient (Wildman–Crippen LogP) is 0.412. The normalized spacial score (nSPS) is 13.6. The molecule has 2 unspecified atom stereocenters. The molecule has 0 aliphatic carbocycles. The Labute approximate surface area is 174 Å². The second kappa shape index (κ2) is 11.3. The lowest BCUT2D eigenvalue weighted by molar-refractivity contribution is -0.146. The van der Waals surface area contributed by atoms with Crippen LogP contribution in [-0.4, -0.2) is 63.4 Å². The summed E-state index contributed by atoms with van der Waals surface area (Å²) in [7, 11) is 0. The van der Waals surface area contributed by atoms with Gasteiger partial charge in [0.05, 0.1) is 0 Å². The quantitative estimate of drug-likeness (QED) is 0.243. The Morgan fingerprint density at radius 2 is 1.20 bits per heavy atom. The third-order valence-electron chi connectivity index (χ3n) is 4.54. The number of carbonyl (C=O) groups excluding carboxylic acids is 3. The molecular weight excluding hydrogens is 400 g/mol. The first-order chi connectivity index (χ1) is 13.6. The van der Waals surface area contributed by atoms with E-state index in [1.807, 2.05) is 0 Å². The Morgan fingerprint density at radius 1 is 0.800 bits per heavy atom. The molecule has 0 aromatic carbocycles. The van der Waals surface area contributed by atoms with Gasteiger partial charge in [-0.1, -0.05) is 27.7 Å². The third-order valence-corrected chi connectivity index (χ3v) is 4.54. The second-order valence-corrected chi connectivity index (χ2v) is 8.35. The molecule has 0 saturated carbocycles. The van der Waals surface area contributed by atoms with Crippen molar-refractivity contribution >= 4 is 36.0 Å². The van der Waals surface area contributed by atoms with Crippen LogP contribution < -0.4 is 10.6 Å². The van der Waals surface area contributed by atoms with E-state index in [0.29, 0.717) is 6.29 Å². The van der Waals surface area contributed by atoms with Gasteiger partial charge >= 0.3 is 17.9 Å². The number of carboxylic acid groups (broad SMARTS) is 3. The van der Waals surface area contributed by atoms with Gasteiger partial charge in [0.25, 0.3) is 0 Å². The Kier molecular flexibility index (Phi) is 10.1. The number of carbonyl (C=O) groups is 6. The van der Waals surface area contributed by atoms with Crippen molar-refractivity contribution < 1.29 is 44.1 Å². The van der Waals surface area contributed by atoms with Gasteiger partial charge in [0, 0.05) is 23.7 Å². The molecule has 0 rings (SSSR count). The molecule has 5 N–H and O–H groups in total. The SMILES string of the molecule is CC(C)(CC(C)(C)C(=O)NC(CCC(=O)O)C(=O)O)C(=O)NC(CCC=O)C(=O)O. The molecule has 0 aliphatic rings. The standard InChI is InChI=1S/C19H30N2O9/c1-18(2,16(29)20-11(14(25)26)6-5-9-22)10-19(3,4)17(30)21-12(15(27)28)7-8-13(23)24/h9,11-12H,5-8,10H2,1-4H3,(H,20,29)(H,21,30)(H,23,24)(H,25,26)(H,27,28). The summed E-state index contributed by atoms with van der Waals surface area (Å²) in [4.78, 5) is 68.9. The molecule has 0 aromatic heterocycles. The van der Waals surface area contributed by atoms with E-state index < -0.39 is 59.1 Å². The Bertz CT molecular complexity index is 685. The first-order valence-electron chi connectivity index (χ1n) is 9.37. The van der Waals surface area contributed by atoms with Crippen LogP contribution in [0.2, 0.25) is 0 Å². The molecule has 170 valence electrons. The van der Waals surface area contributed by atoms with Crippen LogP contribution in [0.5, 0.6) is 0 Å². The van der Waals surface area contributed by atoms with Crippen LogP contribution >= 0.6 is 0 Å². The van der Waals surface area contributed by atoms with Crippen LogP contribution in [0.25, 0.3) is 0 Å². The lowest BCUT2D eigenvalue weighted by Crippen LogP contribution is -2.51. The summed E-state index contributed by atoms with van der Waals surface area (Å²) in [5.41, 5.74) is -2.42. The van der Waals surface area contributed by atoms with Crippen molar-refractivity contribution in [1.82, 2.24) is 10.6 Å². The van der Waals surface area contributed by atoms with E-state index in [9.17, 15) is 39.0 Å². The largest absolute Gasteiger partial charge is 0.481 e. The lowest BCUT2D eigenvalue weighted by atomic mass is 9.73. The summed E-state index contributed by atoms with van der Waals surface area (Å²) >= 11 is 0. The number of amides is 2. The van der Waals surface area contributed by atoms with Gasteiger partial charge in [0.1, 0.15) is 18.4 Å². The van der Waals surface area contributed by atoms with Crippen molar-refractivity contribution in [3.05, 3.63) is 0 Å². The maximum atomic E-state index is 12.6. The van der Waals surface area contributed by atoms with Gasteiger partial charge < -0.3 is 30.7 Å². The van der Waals surface area contributed by atoms with Crippen LogP contribution in [0.15, 0.2) is 0 Å². The van der Waals surface area contributed by atoms with Gasteiger partial charge in [0.2, 0.25) is 11.8 Å². The van der Waals surface area contributed by atoms with Crippen LogP contribution in [-0.2, 0) is 28.8 Å². The monoisotopic (exact) mass is 430 g/mol.